The van der Waals surface area contributed by atoms with Crippen molar-refractivity contribution in [2.75, 3.05) is 6.54 Å². The van der Waals surface area contributed by atoms with E-state index in [1.54, 1.807) is 0 Å². The van der Waals surface area contributed by atoms with Crippen molar-refractivity contribution in [1.82, 2.24) is 10.6 Å². The summed E-state index contributed by atoms with van der Waals surface area (Å²) in [6, 6.07) is 6.18. The summed E-state index contributed by atoms with van der Waals surface area (Å²) in [4.78, 5) is 23.1. The molecule has 0 saturated carbocycles. The van der Waals surface area contributed by atoms with E-state index in [1.165, 1.54) is 0 Å². The summed E-state index contributed by atoms with van der Waals surface area (Å²) in [6.45, 7) is 4.36. The number of nitrogens with one attached hydrogen (secondary N) is 2. The lowest BCUT2D eigenvalue weighted by Gasteiger charge is -2.22. The number of halogens is 1. The van der Waals surface area contributed by atoms with Crippen molar-refractivity contribution in [3.05, 3.63) is 34.9 Å². The third-order valence-electron chi connectivity index (χ3n) is 3.42. The first-order valence-corrected chi connectivity index (χ1v) is 7.40. The molecule has 0 unspecified atom stereocenters. The fourth-order valence-corrected chi connectivity index (χ4v) is 2.07. The summed E-state index contributed by atoms with van der Waals surface area (Å²) in [6.07, 6.45) is 1.47. The van der Waals surface area contributed by atoms with Crippen LogP contribution in [0.15, 0.2) is 24.3 Å². The van der Waals surface area contributed by atoms with Gasteiger partial charge in [-0.15, -0.1) is 0 Å². The van der Waals surface area contributed by atoms with Crippen LogP contribution < -0.4 is 16.4 Å². The zero-order valence-corrected chi connectivity index (χ0v) is 13.1. The molecule has 3 amide bonds. The number of carbonyl (C=O) groups is 2. The quantitative estimate of drug-likeness (QED) is 0.720. The minimum atomic E-state index is -0.687. The number of hydrogen-bond acceptors (Lipinski definition) is 2. The van der Waals surface area contributed by atoms with Crippen molar-refractivity contribution in [3.63, 3.8) is 0 Å². The van der Waals surface area contributed by atoms with E-state index in [9.17, 15) is 9.59 Å². The van der Waals surface area contributed by atoms with Gasteiger partial charge in [0.05, 0.1) is 0 Å². The Morgan fingerprint density at radius 1 is 1.29 bits per heavy atom. The zero-order valence-electron chi connectivity index (χ0n) is 12.4. The molecule has 0 bridgehead atoms. The molecule has 0 aliphatic carbocycles. The van der Waals surface area contributed by atoms with Gasteiger partial charge >= 0.3 is 6.03 Å². The van der Waals surface area contributed by atoms with E-state index in [4.69, 9.17) is 17.3 Å². The maximum absolute atomic E-state index is 12.1. The monoisotopic (exact) mass is 311 g/mol. The maximum Gasteiger partial charge on any atom is 0.312 e. The molecule has 21 heavy (non-hydrogen) atoms. The van der Waals surface area contributed by atoms with Crippen molar-refractivity contribution in [1.29, 1.82) is 0 Å². The number of nitrogens with two attached hydrogens (primary N) is 1. The summed E-state index contributed by atoms with van der Waals surface area (Å²) in [5.41, 5.74) is 6.20. The Labute approximate surface area is 130 Å². The number of carbonyl (C=O) groups excluding carboxylic acids is 2. The number of rotatable bonds is 7. The molecular formula is C15H22ClN3O2. The van der Waals surface area contributed by atoms with E-state index in [-0.39, 0.29) is 11.8 Å². The number of benzene rings is 1. The largest absolute Gasteiger partial charge is 0.354 e. The lowest BCUT2D eigenvalue weighted by atomic mass is 9.98. The summed E-state index contributed by atoms with van der Waals surface area (Å²) in [7, 11) is 0. The average molecular weight is 312 g/mol. The topological polar surface area (TPSA) is 84.2 Å². The molecule has 4 N–H and O–H groups in total. The molecule has 116 valence electrons. The standard InChI is InChI=1S/C15H22ClN3O2/c1-3-10(2)13(19-15(17)21)14(20)18-9-8-11-4-6-12(16)7-5-11/h4-7,10,13H,3,8-9H2,1-2H3,(H,18,20)(H3,17,19,21)/t10-,13-/m1/s1. The Morgan fingerprint density at radius 3 is 2.43 bits per heavy atom. The number of primary amides is 1. The molecule has 6 heteroatoms. The fraction of sp³-hybridized carbons (Fsp3) is 0.467. The number of hydrogen-bond donors (Lipinski definition) is 3. The second-order valence-electron chi connectivity index (χ2n) is 5.04. The van der Waals surface area contributed by atoms with Crippen molar-refractivity contribution in [2.24, 2.45) is 11.7 Å². The second kappa shape index (κ2) is 8.52. The van der Waals surface area contributed by atoms with Crippen LogP contribution >= 0.6 is 11.6 Å². The first kappa shape index (κ1) is 17.3. The van der Waals surface area contributed by atoms with Gasteiger partial charge in [-0.2, -0.15) is 0 Å². The zero-order chi connectivity index (χ0) is 15.8. The minimum absolute atomic E-state index is 0.0213. The summed E-state index contributed by atoms with van der Waals surface area (Å²) < 4.78 is 0. The Hall–Kier alpha value is -1.75. The molecule has 1 rings (SSSR count). The summed E-state index contributed by atoms with van der Waals surface area (Å²) in [5.74, 6) is -0.190. The molecule has 0 aromatic heterocycles. The number of urea groups is 1. The smallest absolute Gasteiger partial charge is 0.312 e. The van der Waals surface area contributed by atoms with Crippen LogP contribution in [-0.2, 0) is 11.2 Å². The van der Waals surface area contributed by atoms with Gasteiger partial charge < -0.3 is 16.4 Å². The molecule has 0 saturated heterocycles. The lowest BCUT2D eigenvalue weighted by Crippen LogP contribution is -2.52. The Balaban J connectivity index is 2.49. The molecule has 1 aromatic carbocycles. The van der Waals surface area contributed by atoms with E-state index >= 15 is 0 Å². The van der Waals surface area contributed by atoms with Gasteiger partial charge in [0.1, 0.15) is 6.04 Å². The van der Waals surface area contributed by atoms with Crippen LogP contribution in [-0.4, -0.2) is 24.5 Å². The SMILES string of the molecule is CC[C@@H](C)[C@@H](NC(N)=O)C(=O)NCCc1ccc(Cl)cc1. The number of amides is 3. The van der Waals surface area contributed by atoms with Gasteiger partial charge in [-0.25, -0.2) is 4.79 Å². The first-order valence-electron chi connectivity index (χ1n) is 7.02. The van der Waals surface area contributed by atoms with Gasteiger partial charge in [0.25, 0.3) is 0 Å². The average Bonchev–Trinajstić information content (AvgIpc) is 2.45. The molecule has 0 heterocycles. The molecule has 0 spiro atoms. The third kappa shape index (κ3) is 6.04. The highest BCUT2D eigenvalue weighted by atomic mass is 35.5. The van der Waals surface area contributed by atoms with Crippen LogP contribution in [0.25, 0.3) is 0 Å². The van der Waals surface area contributed by atoms with Gasteiger partial charge in [0, 0.05) is 11.6 Å². The van der Waals surface area contributed by atoms with E-state index in [2.05, 4.69) is 10.6 Å². The van der Waals surface area contributed by atoms with Crippen LogP contribution in [0.5, 0.6) is 0 Å². The highest BCUT2D eigenvalue weighted by molar-refractivity contribution is 6.30. The van der Waals surface area contributed by atoms with Crippen LogP contribution in [0, 0.1) is 5.92 Å². The van der Waals surface area contributed by atoms with E-state index in [0.29, 0.717) is 18.0 Å². The van der Waals surface area contributed by atoms with Crippen LogP contribution in [0.4, 0.5) is 4.79 Å². The lowest BCUT2D eigenvalue weighted by molar-refractivity contribution is -0.124. The normalized spacial score (nSPS) is 13.3. The Kier molecular flexibility index (Phi) is 7.02. The molecule has 2 atom stereocenters. The van der Waals surface area contributed by atoms with Crippen molar-refractivity contribution in [3.8, 4) is 0 Å². The van der Waals surface area contributed by atoms with E-state index < -0.39 is 12.1 Å². The molecule has 0 radical (unpaired) electrons. The van der Waals surface area contributed by atoms with Gasteiger partial charge in [0.15, 0.2) is 0 Å². The van der Waals surface area contributed by atoms with Crippen LogP contribution in [0.3, 0.4) is 0 Å². The molecule has 0 aliphatic heterocycles. The van der Waals surface area contributed by atoms with E-state index in [1.807, 2.05) is 38.1 Å². The predicted octanol–water partition coefficient (Wildman–Crippen LogP) is 2.08. The minimum Gasteiger partial charge on any atom is -0.354 e. The van der Waals surface area contributed by atoms with Crippen molar-refractivity contribution >= 4 is 23.5 Å². The van der Waals surface area contributed by atoms with Crippen LogP contribution in [0.2, 0.25) is 5.02 Å². The first-order chi connectivity index (χ1) is 9.93. The highest BCUT2D eigenvalue weighted by Gasteiger charge is 2.24. The van der Waals surface area contributed by atoms with Gasteiger partial charge in [-0.3, -0.25) is 4.79 Å². The molecular weight excluding hydrogens is 290 g/mol. The maximum atomic E-state index is 12.1. The van der Waals surface area contributed by atoms with Crippen molar-refractivity contribution < 1.29 is 9.59 Å². The van der Waals surface area contributed by atoms with E-state index in [0.717, 1.165) is 12.0 Å². The third-order valence-corrected chi connectivity index (χ3v) is 3.67. The van der Waals surface area contributed by atoms with Crippen LogP contribution in [0.1, 0.15) is 25.8 Å². The summed E-state index contributed by atoms with van der Waals surface area (Å²) >= 11 is 5.82. The van der Waals surface area contributed by atoms with Gasteiger partial charge in [-0.1, -0.05) is 44.0 Å². The molecule has 0 fully saturated rings. The predicted molar refractivity (Wildman–Crippen MR) is 84.1 cm³/mol. The summed E-state index contributed by atoms with van der Waals surface area (Å²) in [5, 5.41) is 6.01. The Morgan fingerprint density at radius 2 is 1.90 bits per heavy atom. The van der Waals surface area contributed by atoms with Gasteiger partial charge in [-0.05, 0) is 30.0 Å². The van der Waals surface area contributed by atoms with Gasteiger partial charge in [0.2, 0.25) is 5.91 Å². The molecule has 1 aromatic rings. The molecule has 5 nitrogen and oxygen atoms in total. The van der Waals surface area contributed by atoms with Crippen molar-refractivity contribution in [2.45, 2.75) is 32.7 Å². The Bertz CT molecular complexity index is 476. The fourth-order valence-electron chi connectivity index (χ4n) is 1.95. The molecule has 0 aliphatic rings. The second-order valence-corrected chi connectivity index (χ2v) is 5.48. The highest BCUT2D eigenvalue weighted by Crippen LogP contribution is 2.10.